The summed E-state index contributed by atoms with van der Waals surface area (Å²) in [4.78, 5) is 4.63. The minimum Gasteiger partial charge on any atom is -0.315 e. The van der Waals surface area contributed by atoms with E-state index in [0.717, 1.165) is 33.2 Å². The van der Waals surface area contributed by atoms with Crippen LogP contribution in [0.25, 0.3) is 27.9 Å². The Bertz CT molecular complexity index is 1280. The lowest BCUT2D eigenvalue weighted by Crippen LogP contribution is -1.96. The molecule has 0 spiro atoms. The summed E-state index contributed by atoms with van der Waals surface area (Å²) in [6, 6.07) is 28.9. The first-order valence-corrected chi connectivity index (χ1v) is 10.2. The van der Waals surface area contributed by atoms with Gasteiger partial charge in [0, 0.05) is 28.2 Å². The number of thiazole rings is 1. The fraction of sp³-hybridized carbons (Fsp3) is 0. The minimum atomic E-state index is 0. The van der Waals surface area contributed by atoms with Crippen molar-refractivity contribution in [2.24, 2.45) is 5.10 Å². The van der Waals surface area contributed by atoms with Gasteiger partial charge in [0.2, 0.25) is 5.13 Å². The maximum atomic E-state index is 4.63. The summed E-state index contributed by atoms with van der Waals surface area (Å²) in [5, 5.41) is 7.28. The Balaban J connectivity index is 0.00000218. The Morgan fingerprint density at radius 3 is 2.33 bits per heavy atom. The molecule has 0 atom stereocenters. The monoisotopic (exact) mass is 474 g/mol. The first kappa shape index (κ1) is 20.1. The number of hydrogen-bond acceptors (Lipinski definition) is 4. The number of aromatic nitrogens is 2. The Kier molecular flexibility index (Phi) is 6.07. The number of rotatable bonds is 5. The highest BCUT2D eigenvalue weighted by Gasteiger charge is 2.10. The summed E-state index contributed by atoms with van der Waals surface area (Å²) < 4.78 is 2.14. The predicted octanol–water partition coefficient (Wildman–Crippen LogP) is 6.75. The largest absolute Gasteiger partial charge is 0.315 e. The normalized spacial score (nSPS) is 10.9. The number of anilines is 1. The van der Waals surface area contributed by atoms with Gasteiger partial charge in [-0.05, 0) is 23.8 Å². The van der Waals surface area contributed by atoms with E-state index in [1.165, 1.54) is 5.56 Å². The lowest BCUT2D eigenvalue weighted by Gasteiger charge is -2.02. The van der Waals surface area contributed by atoms with Crippen LogP contribution in [0.1, 0.15) is 5.69 Å². The number of halogens is 1. The number of fused-ring (bicyclic) bond motifs is 1. The summed E-state index contributed by atoms with van der Waals surface area (Å²) in [6.07, 6.45) is 3.92. The van der Waals surface area contributed by atoms with E-state index in [9.17, 15) is 0 Å². The number of nitrogens with one attached hydrogen (secondary N) is 1. The molecule has 0 saturated heterocycles. The van der Waals surface area contributed by atoms with Crippen LogP contribution in [0.3, 0.4) is 0 Å². The van der Waals surface area contributed by atoms with Crippen molar-refractivity contribution in [1.29, 1.82) is 0 Å². The van der Waals surface area contributed by atoms with Crippen LogP contribution in [0.2, 0.25) is 0 Å². The molecule has 1 N–H and O–H groups in total. The number of nitrogens with zero attached hydrogens (tertiary/aromatic N) is 3. The fourth-order valence-corrected chi connectivity index (χ4v) is 4.01. The van der Waals surface area contributed by atoms with Gasteiger partial charge >= 0.3 is 0 Å². The third-order valence-corrected chi connectivity index (χ3v) is 5.47. The van der Waals surface area contributed by atoms with Crippen LogP contribution in [0.5, 0.6) is 0 Å². The fourth-order valence-electron chi connectivity index (χ4n) is 3.34. The van der Waals surface area contributed by atoms with Gasteiger partial charge in [0.05, 0.1) is 17.6 Å². The molecule has 30 heavy (non-hydrogen) atoms. The van der Waals surface area contributed by atoms with E-state index in [4.69, 9.17) is 0 Å². The van der Waals surface area contributed by atoms with Crippen molar-refractivity contribution in [2.45, 2.75) is 0 Å². The van der Waals surface area contributed by atoms with Gasteiger partial charge in [-0.3, -0.25) is 5.43 Å². The third-order valence-electron chi connectivity index (χ3n) is 4.72. The van der Waals surface area contributed by atoms with Crippen molar-refractivity contribution < 1.29 is 0 Å². The molecule has 0 bridgehead atoms. The maximum Gasteiger partial charge on any atom is 0.203 e. The number of hydrazone groups is 1. The lowest BCUT2D eigenvalue weighted by molar-refractivity contribution is 1.18. The van der Waals surface area contributed by atoms with Gasteiger partial charge in [-0.25, -0.2) is 4.98 Å². The van der Waals surface area contributed by atoms with Crippen molar-refractivity contribution in [3.63, 3.8) is 0 Å². The Morgan fingerprint density at radius 2 is 1.57 bits per heavy atom. The Labute approximate surface area is 189 Å². The van der Waals surface area contributed by atoms with Gasteiger partial charge in [0.25, 0.3) is 0 Å². The molecular weight excluding hydrogens is 456 g/mol. The highest BCUT2D eigenvalue weighted by Crippen LogP contribution is 2.27. The molecule has 4 nitrogen and oxygen atoms in total. The van der Waals surface area contributed by atoms with Crippen LogP contribution in [0, 0.1) is 0 Å². The first-order valence-electron chi connectivity index (χ1n) is 9.34. The molecule has 5 aromatic rings. The molecule has 0 aliphatic heterocycles. The molecule has 5 rings (SSSR count). The topological polar surface area (TPSA) is 41.7 Å². The molecule has 0 aliphatic carbocycles. The maximum absolute atomic E-state index is 4.63. The molecule has 6 heteroatoms. The predicted molar refractivity (Wildman–Crippen MR) is 132 cm³/mol. The smallest absolute Gasteiger partial charge is 0.203 e. The van der Waals surface area contributed by atoms with Gasteiger partial charge in [0.15, 0.2) is 0 Å². The van der Waals surface area contributed by atoms with Crippen LogP contribution >= 0.6 is 28.3 Å². The zero-order valence-corrected chi connectivity index (χ0v) is 18.5. The molecule has 0 amide bonds. The van der Waals surface area contributed by atoms with Crippen LogP contribution in [-0.4, -0.2) is 15.6 Å². The van der Waals surface area contributed by atoms with Gasteiger partial charge in [-0.2, -0.15) is 5.10 Å². The molecule has 0 fully saturated rings. The zero-order valence-electron chi connectivity index (χ0n) is 16.0. The summed E-state index contributed by atoms with van der Waals surface area (Å²) in [5.41, 5.74) is 9.60. The van der Waals surface area contributed by atoms with Crippen molar-refractivity contribution in [3.8, 4) is 22.4 Å². The Hall–Kier alpha value is -3.22. The second-order valence-electron chi connectivity index (χ2n) is 6.58. The molecule has 0 saturated carbocycles. The van der Waals surface area contributed by atoms with Crippen LogP contribution < -0.4 is 5.43 Å². The second kappa shape index (κ2) is 9.07. The molecule has 0 unspecified atom stereocenters. The minimum absolute atomic E-state index is 0. The Morgan fingerprint density at radius 1 is 0.867 bits per heavy atom. The van der Waals surface area contributed by atoms with Gasteiger partial charge in [-0.1, -0.05) is 66.7 Å². The van der Waals surface area contributed by atoms with E-state index in [1.807, 2.05) is 48.0 Å². The SMILES string of the molecule is Br.C(=N\Nc1nc(-c2ccccc2)cs1)/c1c(-c2ccccc2)cc2ccccn12. The highest BCUT2D eigenvalue weighted by molar-refractivity contribution is 8.93. The molecule has 0 aliphatic rings. The van der Waals surface area contributed by atoms with E-state index in [1.54, 1.807) is 11.3 Å². The first-order chi connectivity index (χ1) is 14.4. The summed E-state index contributed by atoms with van der Waals surface area (Å²) in [6.45, 7) is 0. The average Bonchev–Trinajstić information content (AvgIpc) is 3.40. The van der Waals surface area contributed by atoms with Crippen molar-refractivity contribution in [2.75, 3.05) is 5.43 Å². The van der Waals surface area contributed by atoms with Crippen LogP contribution in [0.15, 0.2) is 102 Å². The summed E-state index contributed by atoms with van der Waals surface area (Å²) in [7, 11) is 0. The standard InChI is InChI=1S/C24H18N4S.BrH/c1-3-9-18(10-4-1)21-15-20-13-7-8-14-28(20)23(21)16-25-27-24-26-22(17-29-24)19-11-5-2-6-12-19;/h1-17H,(H,26,27);1H/b25-16+;. The van der Waals surface area contributed by atoms with Gasteiger partial charge in [0.1, 0.15) is 0 Å². The molecular formula is C24H19BrN4S. The van der Waals surface area contributed by atoms with Crippen LogP contribution in [0.4, 0.5) is 5.13 Å². The molecule has 3 aromatic heterocycles. The number of pyridine rings is 1. The molecule has 0 radical (unpaired) electrons. The van der Waals surface area contributed by atoms with E-state index >= 15 is 0 Å². The summed E-state index contributed by atoms with van der Waals surface area (Å²) >= 11 is 1.54. The third kappa shape index (κ3) is 4.06. The van der Waals surface area contributed by atoms with E-state index in [0.29, 0.717) is 0 Å². The van der Waals surface area contributed by atoms with Gasteiger partial charge < -0.3 is 4.40 Å². The zero-order chi connectivity index (χ0) is 19.5. The van der Waals surface area contributed by atoms with Crippen molar-refractivity contribution in [1.82, 2.24) is 9.38 Å². The molecule has 3 heterocycles. The molecule has 2 aromatic carbocycles. The van der Waals surface area contributed by atoms with Crippen LogP contribution in [-0.2, 0) is 0 Å². The average molecular weight is 475 g/mol. The van der Waals surface area contributed by atoms with Crippen molar-refractivity contribution in [3.05, 3.63) is 102 Å². The van der Waals surface area contributed by atoms with Crippen molar-refractivity contribution >= 4 is 45.2 Å². The van der Waals surface area contributed by atoms with E-state index in [2.05, 4.69) is 74.6 Å². The van der Waals surface area contributed by atoms with Gasteiger partial charge in [-0.15, -0.1) is 28.3 Å². The molecule has 148 valence electrons. The quantitative estimate of drug-likeness (QED) is 0.226. The lowest BCUT2D eigenvalue weighted by atomic mass is 10.1. The number of benzene rings is 2. The summed E-state index contributed by atoms with van der Waals surface area (Å²) in [5.74, 6) is 0. The highest BCUT2D eigenvalue weighted by atomic mass is 79.9. The van der Waals surface area contributed by atoms with E-state index in [-0.39, 0.29) is 17.0 Å². The van der Waals surface area contributed by atoms with E-state index < -0.39 is 0 Å². The second-order valence-corrected chi connectivity index (χ2v) is 7.44. The number of hydrogen-bond donors (Lipinski definition) is 1.